The summed E-state index contributed by atoms with van der Waals surface area (Å²) in [5.74, 6) is 2.12. The zero-order valence-electron chi connectivity index (χ0n) is 8.71. The molecule has 0 N–H and O–H groups in total. The number of rotatable bonds is 2. The van der Waals surface area contributed by atoms with Gasteiger partial charge in [0.2, 0.25) is 0 Å². The first-order chi connectivity index (χ1) is 7.31. The summed E-state index contributed by atoms with van der Waals surface area (Å²) in [6.45, 7) is 4.10. The number of carbonyl (C=O) groups is 1. The molecule has 2 aliphatic rings. The van der Waals surface area contributed by atoms with Crippen LogP contribution in [-0.2, 0) is 6.42 Å². The molecule has 0 spiro atoms. The monoisotopic (exact) mass is 202 g/mol. The number of allylic oxidation sites excluding steroid dienone is 1. The van der Waals surface area contributed by atoms with Crippen LogP contribution in [0.5, 0.6) is 0 Å². The van der Waals surface area contributed by atoms with Crippen LogP contribution < -0.4 is 0 Å². The molecule has 1 aromatic rings. The second-order valence-electron chi connectivity index (χ2n) is 4.53. The van der Waals surface area contributed by atoms with E-state index in [4.69, 9.17) is 4.42 Å². The molecule has 0 unspecified atom stereocenters. The van der Waals surface area contributed by atoms with Crippen molar-refractivity contribution in [2.45, 2.75) is 38.0 Å². The Bertz CT molecular complexity index is 436. The van der Waals surface area contributed by atoms with Gasteiger partial charge in [-0.25, -0.2) is 0 Å². The lowest BCUT2D eigenvalue weighted by Gasteiger charge is -2.13. The van der Waals surface area contributed by atoms with E-state index in [9.17, 15) is 4.79 Å². The van der Waals surface area contributed by atoms with E-state index in [1.165, 1.54) is 18.4 Å². The molecule has 0 atom stereocenters. The van der Waals surface area contributed by atoms with Crippen molar-refractivity contribution in [1.82, 2.24) is 0 Å². The van der Waals surface area contributed by atoms with Gasteiger partial charge in [-0.15, -0.1) is 0 Å². The van der Waals surface area contributed by atoms with Crippen LogP contribution in [0.25, 0.3) is 5.57 Å². The quantitative estimate of drug-likeness (QED) is 0.688. The fraction of sp³-hybridized carbons (Fsp3) is 0.462. The molecule has 0 bridgehead atoms. The third kappa shape index (κ3) is 1.28. The highest BCUT2D eigenvalue weighted by Crippen LogP contribution is 2.48. The summed E-state index contributed by atoms with van der Waals surface area (Å²) >= 11 is 0. The maximum absolute atomic E-state index is 11.0. The van der Waals surface area contributed by atoms with Gasteiger partial charge in [-0.3, -0.25) is 4.79 Å². The number of aryl methyl sites for hydroxylation is 1. The van der Waals surface area contributed by atoms with Gasteiger partial charge in [0.1, 0.15) is 5.76 Å². The third-order valence-corrected chi connectivity index (χ3v) is 3.38. The van der Waals surface area contributed by atoms with Crippen molar-refractivity contribution in [1.29, 1.82) is 0 Å². The summed E-state index contributed by atoms with van der Waals surface area (Å²) in [4.78, 5) is 11.0. The first-order valence-electron chi connectivity index (χ1n) is 5.60. The first kappa shape index (κ1) is 8.96. The minimum absolute atomic E-state index is 0.561. The molecular weight excluding hydrogens is 188 g/mol. The Labute approximate surface area is 89.0 Å². The molecule has 0 saturated heterocycles. The van der Waals surface area contributed by atoms with E-state index in [0.29, 0.717) is 11.7 Å². The molecule has 0 aromatic carbocycles. The van der Waals surface area contributed by atoms with Crippen molar-refractivity contribution in [3.8, 4) is 0 Å². The predicted octanol–water partition coefficient (Wildman–Crippen LogP) is 3.32. The number of furan rings is 1. The minimum Gasteiger partial charge on any atom is -0.457 e. The van der Waals surface area contributed by atoms with Gasteiger partial charge in [-0.1, -0.05) is 6.58 Å². The van der Waals surface area contributed by atoms with Gasteiger partial charge in [-0.05, 0) is 37.2 Å². The summed E-state index contributed by atoms with van der Waals surface area (Å²) in [6, 6.07) is 0. The molecule has 3 rings (SSSR count). The Balaban J connectivity index is 2.20. The summed E-state index contributed by atoms with van der Waals surface area (Å²) in [5.41, 5.74) is 3.51. The highest BCUT2D eigenvalue weighted by Gasteiger charge is 2.34. The topological polar surface area (TPSA) is 30.2 Å². The molecular formula is C13H14O2. The van der Waals surface area contributed by atoms with E-state index < -0.39 is 0 Å². The Hall–Kier alpha value is -1.31. The van der Waals surface area contributed by atoms with Crippen molar-refractivity contribution < 1.29 is 9.21 Å². The number of fused-ring (bicyclic) bond motifs is 1. The van der Waals surface area contributed by atoms with E-state index in [1.807, 2.05) is 0 Å². The molecule has 0 amide bonds. The van der Waals surface area contributed by atoms with Crippen molar-refractivity contribution >= 4 is 11.9 Å². The highest BCUT2D eigenvalue weighted by atomic mass is 16.3. The van der Waals surface area contributed by atoms with Crippen LogP contribution >= 0.6 is 0 Å². The SMILES string of the molecule is C=C1CCCc2oc(C=O)c(C3CC3)c21. The van der Waals surface area contributed by atoms with Gasteiger partial charge in [0.25, 0.3) is 0 Å². The molecule has 78 valence electrons. The fourth-order valence-corrected chi connectivity index (χ4v) is 2.53. The molecule has 15 heavy (non-hydrogen) atoms. The summed E-state index contributed by atoms with van der Waals surface area (Å²) < 4.78 is 5.63. The zero-order chi connectivity index (χ0) is 10.4. The number of hydrogen-bond donors (Lipinski definition) is 0. The average molecular weight is 202 g/mol. The molecule has 2 nitrogen and oxygen atoms in total. The lowest BCUT2D eigenvalue weighted by Crippen LogP contribution is -1.99. The van der Waals surface area contributed by atoms with Crippen LogP contribution in [0.4, 0.5) is 0 Å². The summed E-state index contributed by atoms with van der Waals surface area (Å²) in [6.07, 6.45) is 6.35. The van der Waals surface area contributed by atoms with Gasteiger partial charge < -0.3 is 4.42 Å². The Morgan fingerprint density at radius 1 is 1.33 bits per heavy atom. The van der Waals surface area contributed by atoms with Crippen molar-refractivity contribution in [2.24, 2.45) is 0 Å². The maximum atomic E-state index is 11.0. The van der Waals surface area contributed by atoms with E-state index in [0.717, 1.165) is 42.4 Å². The van der Waals surface area contributed by atoms with Gasteiger partial charge >= 0.3 is 0 Å². The number of carbonyl (C=O) groups excluding carboxylic acids is 1. The summed E-state index contributed by atoms with van der Waals surface area (Å²) in [5, 5.41) is 0. The van der Waals surface area contributed by atoms with Crippen LogP contribution in [0.15, 0.2) is 11.0 Å². The standard InChI is InChI=1S/C13H14O2/c1-8-3-2-4-10-12(8)13(9-5-6-9)11(7-14)15-10/h7,9H,1-6H2. The highest BCUT2D eigenvalue weighted by molar-refractivity contribution is 5.81. The van der Waals surface area contributed by atoms with E-state index in [-0.39, 0.29) is 0 Å². The zero-order valence-corrected chi connectivity index (χ0v) is 8.71. The molecule has 1 heterocycles. The van der Waals surface area contributed by atoms with Crippen molar-refractivity contribution in [2.75, 3.05) is 0 Å². The van der Waals surface area contributed by atoms with Gasteiger partial charge in [-0.2, -0.15) is 0 Å². The fourth-order valence-electron chi connectivity index (χ4n) is 2.53. The Morgan fingerprint density at radius 3 is 2.80 bits per heavy atom. The maximum Gasteiger partial charge on any atom is 0.185 e. The molecule has 2 aliphatic carbocycles. The molecule has 1 fully saturated rings. The average Bonchev–Trinajstić information content (AvgIpc) is 2.99. The van der Waals surface area contributed by atoms with Crippen LogP contribution in [0.1, 0.15) is 59.0 Å². The minimum atomic E-state index is 0.561. The first-order valence-corrected chi connectivity index (χ1v) is 5.60. The second kappa shape index (κ2) is 3.09. The Morgan fingerprint density at radius 2 is 2.13 bits per heavy atom. The predicted molar refractivity (Wildman–Crippen MR) is 58.0 cm³/mol. The van der Waals surface area contributed by atoms with Gasteiger partial charge in [0.15, 0.2) is 12.0 Å². The lowest BCUT2D eigenvalue weighted by atomic mass is 9.89. The smallest absolute Gasteiger partial charge is 0.185 e. The second-order valence-corrected chi connectivity index (χ2v) is 4.53. The number of aldehydes is 1. The molecule has 0 aliphatic heterocycles. The van der Waals surface area contributed by atoms with Crippen LogP contribution in [0.2, 0.25) is 0 Å². The van der Waals surface area contributed by atoms with Crippen LogP contribution in [-0.4, -0.2) is 6.29 Å². The molecule has 1 aromatic heterocycles. The molecule has 2 heteroatoms. The van der Waals surface area contributed by atoms with E-state index >= 15 is 0 Å². The van der Waals surface area contributed by atoms with E-state index in [1.54, 1.807) is 0 Å². The normalized spacial score (nSPS) is 20.1. The van der Waals surface area contributed by atoms with Gasteiger partial charge in [0.05, 0.1) is 0 Å². The van der Waals surface area contributed by atoms with Crippen molar-refractivity contribution in [3.05, 3.63) is 29.2 Å². The number of hydrogen-bond acceptors (Lipinski definition) is 2. The molecule has 0 radical (unpaired) electrons. The molecule has 1 saturated carbocycles. The van der Waals surface area contributed by atoms with Gasteiger partial charge in [0, 0.05) is 17.5 Å². The lowest BCUT2D eigenvalue weighted by molar-refractivity contribution is 0.109. The third-order valence-electron chi connectivity index (χ3n) is 3.38. The van der Waals surface area contributed by atoms with E-state index in [2.05, 4.69) is 6.58 Å². The van der Waals surface area contributed by atoms with Crippen molar-refractivity contribution in [3.63, 3.8) is 0 Å². The largest absolute Gasteiger partial charge is 0.457 e. The summed E-state index contributed by atoms with van der Waals surface area (Å²) in [7, 11) is 0. The van der Waals surface area contributed by atoms with Crippen LogP contribution in [0.3, 0.4) is 0 Å². The Kier molecular flexibility index (Phi) is 1.84. The van der Waals surface area contributed by atoms with Crippen LogP contribution in [0, 0.1) is 0 Å².